The number of rotatable bonds is 6. The molecule has 0 aliphatic carbocycles. The molecule has 0 atom stereocenters. The molecule has 6 aromatic carbocycles. The number of hydrogen-bond donors (Lipinski definition) is 0. The van der Waals surface area contributed by atoms with E-state index in [2.05, 4.69) is 192 Å². The fraction of sp³-hybridized carbons (Fsp3) is 0.250. The zero-order valence-corrected chi connectivity index (χ0v) is 41.8. The molecule has 0 spiro atoms. The number of benzene rings is 6. The normalized spacial score (nSPS) is 10.7. The van der Waals surface area contributed by atoms with Gasteiger partial charge in [0, 0.05) is 0 Å². The molecule has 52 heavy (non-hydrogen) atoms. The van der Waals surface area contributed by atoms with Crippen molar-refractivity contribution in [1.29, 1.82) is 0 Å². The Morgan fingerprint density at radius 3 is 0.577 bits per heavy atom. The monoisotopic (exact) mass is 926 g/mol. The third-order valence-electron chi connectivity index (χ3n) is 10.4. The van der Waals surface area contributed by atoms with Gasteiger partial charge in [-0.25, -0.2) is 0 Å². The van der Waals surface area contributed by atoms with E-state index in [-0.39, 0.29) is 25.8 Å². The van der Waals surface area contributed by atoms with Crippen molar-refractivity contribution in [2.75, 3.05) is 0 Å². The molecule has 0 aromatic heterocycles. The van der Waals surface area contributed by atoms with Gasteiger partial charge in [0.1, 0.15) is 0 Å². The van der Waals surface area contributed by atoms with Crippen LogP contribution in [0.4, 0.5) is 0 Å². The fourth-order valence-electron chi connectivity index (χ4n) is 7.61. The zero-order chi connectivity index (χ0) is 37.7. The third kappa shape index (κ3) is 9.22. The second kappa shape index (κ2) is 18.2. The van der Waals surface area contributed by atoms with Gasteiger partial charge in [0.25, 0.3) is 0 Å². The molecule has 0 amide bonds. The Morgan fingerprint density at radius 2 is 0.404 bits per heavy atom. The van der Waals surface area contributed by atoms with E-state index in [1.807, 2.05) is 0 Å². The van der Waals surface area contributed by atoms with Gasteiger partial charge in [-0.3, -0.25) is 0 Å². The predicted molar refractivity (Wildman–Crippen MR) is 236 cm³/mol. The fourth-order valence-corrected chi connectivity index (χ4v) is 57.8. The number of aryl methyl sites for hydroxylation is 12. The van der Waals surface area contributed by atoms with E-state index in [1.54, 1.807) is 26.4 Å². The van der Waals surface area contributed by atoms with E-state index in [0.29, 0.717) is 0 Å². The topological polar surface area (TPSA) is 0 Å². The molecule has 0 saturated heterocycles. The van der Waals surface area contributed by atoms with E-state index in [9.17, 15) is 0 Å². The molecule has 0 unspecified atom stereocenters. The van der Waals surface area contributed by atoms with Gasteiger partial charge < -0.3 is 0 Å². The summed E-state index contributed by atoms with van der Waals surface area (Å²) in [6.07, 6.45) is 0. The molecule has 0 N–H and O–H groups in total. The van der Waals surface area contributed by atoms with Crippen molar-refractivity contribution in [2.24, 2.45) is 0 Å². The predicted octanol–water partition coefficient (Wildman–Crippen LogP) is 7.35. The molecule has 0 nitrogen and oxygen atoms in total. The first-order chi connectivity index (χ1) is 24.8. The average molecular weight is 921 g/mol. The van der Waals surface area contributed by atoms with Gasteiger partial charge in [0.2, 0.25) is 0 Å². The molecule has 0 heterocycles. The van der Waals surface area contributed by atoms with Crippen molar-refractivity contribution in [3.63, 3.8) is 0 Å². The molecule has 0 saturated carbocycles. The van der Waals surface area contributed by atoms with Crippen LogP contribution in [0.1, 0.15) is 66.8 Å². The second-order valence-corrected chi connectivity index (χ2v) is 41.4. The number of hydrogen-bond acceptors (Lipinski definition) is 0. The van der Waals surface area contributed by atoms with Crippen molar-refractivity contribution in [2.45, 2.75) is 83.1 Å². The van der Waals surface area contributed by atoms with Crippen LogP contribution in [-0.2, 0) is 0 Å². The third-order valence-corrected chi connectivity index (χ3v) is 48.4. The summed E-state index contributed by atoms with van der Waals surface area (Å²) in [5.74, 6) is 0. The van der Waals surface area contributed by atoms with Crippen molar-refractivity contribution in [1.82, 2.24) is 0 Å². The Hall–Kier alpha value is -2.51. The van der Waals surface area contributed by atoms with Gasteiger partial charge in [0.05, 0.1) is 0 Å². The maximum atomic E-state index is 2.32. The molecule has 6 aromatic rings. The first-order valence-electron chi connectivity index (χ1n) is 18.5. The summed E-state index contributed by atoms with van der Waals surface area (Å²) in [5, 5.41) is 0. The Labute approximate surface area is 332 Å². The molecule has 6 rings (SSSR count). The van der Waals surface area contributed by atoms with E-state index >= 15 is 0 Å². The van der Waals surface area contributed by atoms with Gasteiger partial charge in [-0.2, -0.15) is 0 Å². The van der Waals surface area contributed by atoms with Crippen molar-refractivity contribution in [3.05, 3.63) is 176 Å². The summed E-state index contributed by atoms with van der Waals surface area (Å²) in [4.78, 5) is 0. The summed E-state index contributed by atoms with van der Waals surface area (Å²) >= 11 is -3.67. The van der Waals surface area contributed by atoms with Crippen molar-refractivity contribution >= 4 is 75.9 Å². The van der Waals surface area contributed by atoms with Crippen molar-refractivity contribution < 1.29 is 0 Å². The standard InChI is InChI=1S/2C24H27Ge2/c2*1-16-10-7-11-17(2)22(16)25-26(23-18(3)12-8-13-19(23)4)24-20(5)14-9-15-21(24)6/h2*7-15H,1-6H3. The van der Waals surface area contributed by atoms with Crippen LogP contribution < -0.4 is 26.4 Å². The molecule has 0 bridgehead atoms. The van der Waals surface area contributed by atoms with Gasteiger partial charge in [-0.05, 0) is 0 Å². The van der Waals surface area contributed by atoms with Crippen LogP contribution in [-0.4, -0.2) is 49.5 Å². The van der Waals surface area contributed by atoms with Gasteiger partial charge in [-0.15, -0.1) is 0 Å². The quantitative estimate of drug-likeness (QED) is 0.154. The Bertz CT molecular complexity index is 1930. The van der Waals surface area contributed by atoms with Crippen LogP contribution in [0.15, 0.2) is 109 Å². The minimum atomic E-state index is -1.62. The molecule has 0 fully saturated rings. The van der Waals surface area contributed by atoms with E-state index in [0.717, 1.165) is 0 Å². The van der Waals surface area contributed by atoms with E-state index < -0.39 is 23.7 Å². The second-order valence-electron chi connectivity index (χ2n) is 14.6. The maximum absolute atomic E-state index is 2.32. The molecule has 0 aliphatic rings. The molecule has 262 valence electrons. The molecule has 2 radical (unpaired) electrons. The Kier molecular flexibility index (Phi) is 14.2. The molecule has 4 heteroatoms. The van der Waals surface area contributed by atoms with Crippen LogP contribution in [0.3, 0.4) is 0 Å². The minimum absolute atomic E-state index is 0.212. The Morgan fingerprint density at radius 1 is 0.250 bits per heavy atom. The summed E-state index contributed by atoms with van der Waals surface area (Å²) in [5.41, 5.74) is 18.0. The Balaban J connectivity index is 0.000000201. The van der Waals surface area contributed by atoms with Crippen molar-refractivity contribution in [3.8, 4) is 0 Å². The van der Waals surface area contributed by atoms with Crippen LogP contribution in [0.5, 0.6) is 0 Å². The SMILES string of the molecule is Cc1cccc(C)[c]1[Ge]=[Ge]([c]1c(C)cccc1C)[c]1c(C)cccc1C.Cc1cccc(C)[c]1[Ge]=[Ge]([c]1c(C)cccc1C)[c]1c(C)cccc1C. The van der Waals surface area contributed by atoms with Gasteiger partial charge in [0.15, 0.2) is 0 Å². The molecule has 0 aliphatic heterocycles. The van der Waals surface area contributed by atoms with E-state index in [4.69, 9.17) is 0 Å². The molecular weight excluding hydrogens is 867 g/mol. The summed E-state index contributed by atoms with van der Waals surface area (Å²) < 4.78 is 10.2. The summed E-state index contributed by atoms with van der Waals surface area (Å²) in [6.45, 7) is 27.8. The van der Waals surface area contributed by atoms with Crippen LogP contribution in [0, 0.1) is 83.1 Å². The first kappa shape index (κ1) is 40.7. The van der Waals surface area contributed by atoms with Gasteiger partial charge in [-0.1, -0.05) is 0 Å². The van der Waals surface area contributed by atoms with Crippen LogP contribution in [0.2, 0.25) is 0 Å². The zero-order valence-electron chi connectivity index (χ0n) is 33.4. The first-order valence-corrected chi connectivity index (χ1v) is 37.8. The average Bonchev–Trinajstić information content (AvgIpc) is 3.07. The van der Waals surface area contributed by atoms with E-state index in [1.165, 1.54) is 66.8 Å². The summed E-state index contributed by atoms with van der Waals surface area (Å²) in [7, 11) is 0. The molecular formula is C48H54Ge4. The van der Waals surface area contributed by atoms with Gasteiger partial charge >= 0.3 is 335 Å². The van der Waals surface area contributed by atoms with Crippen LogP contribution >= 0.6 is 0 Å². The summed E-state index contributed by atoms with van der Waals surface area (Å²) in [6, 6.07) is 41.0. The van der Waals surface area contributed by atoms with Crippen LogP contribution in [0.25, 0.3) is 0 Å².